The molecule has 8 rings (SSSR count). The van der Waals surface area contributed by atoms with Crippen LogP contribution in [-0.2, 0) is 14.1 Å². The molecule has 0 saturated heterocycles. The van der Waals surface area contributed by atoms with Gasteiger partial charge in [-0.2, -0.15) is 10.2 Å². The van der Waals surface area contributed by atoms with E-state index < -0.39 is 0 Å². The molecule has 0 bridgehead atoms. The molecule has 0 aliphatic rings. The molecule has 15 heteroatoms. The van der Waals surface area contributed by atoms with Crippen molar-refractivity contribution in [2.75, 3.05) is 11.1 Å². The molecular weight excluding hydrogens is 616 g/mol. The Morgan fingerprint density at radius 3 is 1.70 bits per heavy atom. The van der Waals surface area contributed by atoms with E-state index in [9.17, 15) is 0 Å². The van der Waals surface area contributed by atoms with Gasteiger partial charge in [0.1, 0.15) is 35.3 Å². The summed E-state index contributed by atoms with van der Waals surface area (Å²) >= 11 is 5.87. The molecule has 0 aliphatic carbocycles. The molecule has 8 aromatic heterocycles. The van der Waals surface area contributed by atoms with E-state index in [2.05, 4.69) is 55.4 Å². The van der Waals surface area contributed by atoms with Gasteiger partial charge in [-0.3, -0.25) is 19.3 Å². The van der Waals surface area contributed by atoms with Crippen LogP contribution in [0.5, 0.6) is 0 Å². The first kappa shape index (κ1) is 30.6. The lowest BCUT2D eigenvalue weighted by atomic mass is 10.1. The molecule has 0 saturated carbocycles. The number of fused-ring (bicyclic) bond motifs is 2. The Morgan fingerprint density at radius 1 is 0.596 bits per heavy atom. The van der Waals surface area contributed by atoms with Crippen LogP contribution in [0.2, 0.25) is 5.15 Å². The Balaban J connectivity index is 0.000000141. The van der Waals surface area contributed by atoms with Gasteiger partial charge in [-0.05, 0) is 48.5 Å². The van der Waals surface area contributed by atoms with Crippen LogP contribution in [0.1, 0.15) is 0 Å². The number of hydrogen-bond donors (Lipinski definition) is 2. The van der Waals surface area contributed by atoms with Crippen LogP contribution in [-0.4, -0.2) is 59.4 Å². The lowest BCUT2D eigenvalue weighted by molar-refractivity contribution is 0.768. The first-order valence-corrected chi connectivity index (χ1v) is 14.5. The number of nitrogen functional groups attached to an aromatic ring is 1. The second kappa shape index (κ2) is 14.1. The number of nitrogens with two attached hydrogens (primary N) is 1. The first-order valence-electron chi connectivity index (χ1n) is 14.1. The van der Waals surface area contributed by atoms with Gasteiger partial charge in [-0.25, -0.2) is 29.9 Å². The van der Waals surface area contributed by atoms with Crippen LogP contribution in [0.4, 0.5) is 17.5 Å². The van der Waals surface area contributed by atoms with Gasteiger partial charge in [0, 0.05) is 73.5 Å². The molecule has 0 aliphatic heterocycles. The van der Waals surface area contributed by atoms with Crippen LogP contribution in [0.15, 0.2) is 111 Å². The summed E-state index contributed by atoms with van der Waals surface area (Å²) in [4.78, 5) is 33.0. The van der Waals surface area contributed by atoms with Gasteiger partial charge in [0.05, 0.1) is 34.5 Å². The third-order valence-corrected chi connectivity index (χ3v) is 6.77. The van der Waals surface area contributed by atoms with Gasteiger partial charge < -0.3 is 11.1 Å². The average molecular weight is 643 g/mol. The molecular formula is C32H27ClN14. The van der Waals surface area contributed by atoms with Crippen molar-refractivity contribution in [3.8, 4) is 22.3 Å². The molecule has 0 radical (unpaired) electrons. The minimum absolute atomic E-state index is 0.475. The van der Waals surface area contributed by atoms with Crippen molar-refractivity contribution in [1.82, 2.24) is 59.4 Å². The van der Waals surface area contributed by atoms with E-state index in [1.54, 1.807) is 46.2 Å². The van der Waals surface area contributed by atoms with Gasteiger partial charge in [-0.15, -0.1) is 0 Å². The highest BCUT2D eigenvalue weighted by Gasteiger charge is 2.06. The lowest BCUT2D eigenvalue weighted by Gasteiger charge is -2.06. The van der Waals surface area contributed by atoms with E-state index in [4.69, 9.17) is 17.3 Å². The summed E-state index contributed by atoms with van der Waals surface area (Å²) in [5.74, 6) is 1.92. The Hall–Kier alpha value is -6.41. The summed E-state index contributed by atoms with van der Waals surface area (Å²) in [5.41, 5.74) is 12.5. The van der Waals surface area contributed by atoms with Crippen molar-refractivity contribution < 1.29 is 0 Å². The molecule has 8 heterocycles. The highest BCUT2D eigenvalue weighted by atomic mass is 35.5. The first-order chi connectivity index (χ1) is 22.9. The van der Waals surface area contributed by atoms with Crippen LogP contribution in [0, 0.1) is 0 Å². The molecule has 0 unspecified atom stereocenters. The fourth-order valence-electron chi connectivity index (χ4n) is 4.31. The molecule has 47 heavy (non-hydrogen) atoms. The molecule has 3 N–H and O–H groups in total. The summed E-state index contributed by atoms with van der Waals surface area (Å²) in [7, 11) is 3.77. The fourth-order valence-corrected chi connectivity index (χ4v) is 4.47. The molecule has 0 amide bonds. The molecule has 14 nitrogen and oxygen atoms in total. The van der Waals surface area contributed by atoms with Gasteiger partial charge in [-0.1, -0.05) is 11.6 Å². The summed E-state index contributed by atoms with van der Waals surface area (Å²) in [6.07, 6.45) is 17.3. The molecule has 0 atom stereocenters. The standard InChI is InChI=1S/C16H13N7.C12H9ClN4.C4H5N3/c1-23-9-12(8-20-23)11-6-14-13(18-7-11)2-3-16(21-14)22-15-4-5-17-10-19-15;1-17-7-9(6-15-17)8-4-11-10(14-5-8)2-3-12(13)16-11;5-4-1-2-6-3-7-4/h2-10H,1H3,(H,17,19,21,22);2-7H,1H3;1-3H,(H2,5,6,7). The summed E-state index contributed by atoms with van der Waals surface area (Å²) in [6.45, 7) is 0. The van der Waals surface area contributed by atoms with Gasteiger partial charge in [0.15, 0.2) is 0 Å². The number of rotatable bonds is 4. The Bertz CT molecular complexity index is 2240. The van der Waals surface area contributed by atoms with Crippen molar-refractivity contribution in [2.45, 2.75) is 0 Å². The monoisotopic (exact) mass is 642 g/mol. The zero-order chi connectivity index (χ0) is 32.6. The highest BCUT2D eigenvalue weighted by molar-refractivity contribution is 6.29. The van der Waals surface area contributed by atoms with Gasteiger partial charge in [0.25, 0.3) is 0 Å². The van der Waals surface area contributed by atoms with E-state index in [1.807, 2.05) is 75.4 Å². The van der Waals surface area contributed by atoms with E-state index in [0.717, 1.165) is 44.3 Å². The van der Waals surface area contributed by atoms with E-state index in [-0.39, 0.29) is 0 Å². The van der Waals surface area contributed by atoms with Crippen LogP contribution >= 0.6 is 11.6 Å². The SMILES string of the molecule is Cn1cc(-c2cnc3ccc(Cl)nc3c2)cn1.Cn1cc(-c2cnc3ccc(Nc4ccncn4)nc3c2)cn1.Nc1ccncn1. The van der Waals surface area contributed by atoms with Crippen molar-refractivity contribution in [1.29, 1.82) is 0 Å². The number of aryl methyl sites for hydroxylation is 2. The maximum atomic E-state index is 5.87. The average Bonchev–Trinajstić information content (AvgIpc) is 3.73. The minimum atomic E-state index is 0.475. The minimum Gasteiger partial charge on any atom is -0.384 e. The number of nitrogens with zero attached hydrogens (tertiary/aromatic N) is 12. The zero-order valence-corrected chi connectivity index (χ0v) is 26.0. The van der Waals surface area contributed by atoms with Crippen molar-refractivity contribution in [2.24, 2.45) is 14.1 Å². The highest BCUT2D eigenvalue weighted by Crippen LogP contribution is 2.24. The largest absolute Gasteiger partial charge is 0.384 e. The van der Waals surface area contributed by atoms with Crippen LogP contribution in [0.3, 0.4) is 0 Å². The molecule has 0 spiro atoms. The number of nitrogens with one attached hydrogen (secondary N) is 1. The Labute approximate surface area is 273 Å². The predicted octanol–water partition coefficient (Wildman–Crippen LogP) is 5.31. The Morgan fingerprint density at radius 2 is 1.19 bits per heavy atom. The van der Waals surface area contributed by atoms with Crippen molar-refractivity contribution in [3.63, 3.8) is 0 Å². The third kappa shape index (κ3) is 8.01. The van der Waals surface area contributed by atoms with Crippen LogP contribution < -0.4 is 11.1 Å². The number of anilines is 3. The normalized spacial score (nSPS) is 10.5. The smallest absolute Gasteiger partial charge is 0.134 e. The van der Waals surface area contributed by atoms with Crippen LogP contribution in [0.25, 0.3) is 44.3 Å². The van der Waals surface area contributed by atoms with E-state index in [1.165, 1.54) is 12.7 Å². The number of halogens is 1. The second-order valence-electron chi connectivity index (χ2n) is 10.0. The van der Waals surface area contributed by atoms with Gasteiger partial charge in [0.2, 0.25) is 0 Å². The Kier molecular flexibility index (Phi) is 9.20. The maximum absolute atomic E-state index is 5.87. The molecule has 8 aromatic rings. The number of aromatic nitrogens is 12. The number of hydrogen-bond acceptors (Lipinski definition) is 12. The van der Waals surface area contributed by atoms with Crippen molar-refractivity contribution >= 4 is 51.1 Å². The molecule has 232 valence electrons. The quantitative estimate of drug-likeness (QED) is 0.237. The van der Waals surface area contributed by atoms with Gasteiger partial charge >= 0.3 is 0 Å². The second-order valence-corrected chi connectivity index (χ2v) is 10.4. The summed E-state index contributed by atoms with van der Waals surface area (Å²) < 4.78 is 3.52. The zero-order valence-electron chi connectivity index (χ0n) is 25.2. The topological polar surface area (TPSA) is 177 Å². The van der Waals surface area contributed by atoms with E-state index in [0.29, 0.717) is 22.6 Å². The fraction of sp³-hybridized carbons (Fsp3) is 0.0625. The molecule has 0 aromatic carbocycles. The van der Waals surface area contributed by atoms with Crippen molar-refractivity contribution in [3.05, 3.63) is 116 Å². The third-order valence-electron chi connectivity index (χ3n) is 6.56. The lowest BCUT2D eigenvalue weighted by Crippen LogP contribution is -1.96. The summed E-state index contributed by atoms with van der Waals surface area (Å²) in [5, 5.41) is 11.9. The summed E-state index contributed by atoms with van der Waals surface area (Å²) in [6, 6.07) is 14.8. The van der Waals surface area contributed by atoms with E-state index >= 15 is 0 Å². The predicted molar refractivity (Wildman–Crippen MR) is 180 cm³/mol. The molecule has 0 fully saturated rings. The maximum Gasteiger partial charge on any atom is 0.134 e. The number of pyridine rings is 4.